The monoisotopic (exact) mass is 305 g/mol. The summed E-state index contributed by atoms with van der Waals surface area (Å²) in [4.78, 5) is 25.6. The molecule has 22 heavy (non-hydrogen) atoms. The number of likely N-dealkylation sites (tertiary alicyclic amines) is 1. The summed E-state index contributed by atoms with van der Waals surface area (Å²) in [5, 5.41) is 9.05. The summed E-state index contributed by atoms with van der Waals surface area (Å²) in [6, 6.07) is 4.97. The number of piperidine rings is 1. The van der Waals surface area contributed by atoms with Crippen LogP contribution in [0, 0.1) is 5.92 Å². The van der Waals surface area contributed by atoms with E-state index in [-0.39, 0.29) is 12.5 Å². The molecule has 1 aliphatic rings. The highest BCUT2D eigenvalue weighted by atomic mass is 16.5. The summed E-state index contributed by atoms with van der Waals surface area (Å²) in [7, 11) is 0. The zero-order chi connectivity index (χ0) is 15.9. The van der Waals surface area contributed by atoms with Crippen LogP contribution in [0.1, 0.15) is 46.9 Å². The van der Waals surface area contributed by atoms with Crippen LogP contribution in [0.5, 0.6) is 5.75 Å². The molecule has 1 aromatic carbocycles. The van der Waals surface area contributed by atoms with Gasteiger partial charge in [-0.15, -0.1) is 0 Å². The lowest BCUT2D eigenvalue weighted by atomic mass is 9.94. The first-order valence-electron chi connectivity index (χ1n) is 7.81. The van der Waals surface area contributed by atoms with Gasteiger partial charge in [-0.3, -0.25) is 9.59 Å². The Hall–Kier alpha value is -1.88. The van der Waals surface area contributed by atoms with Crippen molar-refractivity contribution in [3.05, 3.63) is 29.3 Å². The van der Waals surface area contributed by atoms with Crippen molar-refractivity contribution >= 4 is 12.2 Å². The van der Waals surface area contributed by atoms with Crippen LogP contribution in [-0.4, -0.2) is 48.5 Å². The van der Waals surface area contributed by atoms with E-state index in [1.54, 1.807) is 18.2 Å². The smallest absolute Gasteiger partial charge is 0.253 e. The number of hydrogen-bond donors (Lipinski definition) is 1. The van der Waals surface area contributed by atoms with Gasteiger partial charge in [0.15, 0.2) is 6.29 Å². The minimum absolute atomic E-state index is 0.0613. The summed E-state index contributed by atoms with van der Waals surface area (Å²) >= 11 is 0. The van der Waals surface area contributed by atoms with Crippen LogP contribution in [0.25, 0.3) is 0 Å². The molecule has 2 rings (SSSR count). The fourth-order valence-electron chi connectivity index (χ4n) is 2.91. The molecule has 1 fully saturated rings. The lowest BCUT2D eigenvalue weighted by Crippen LogP contribution is -2.40. The Kier molecular flexibility index (Phi) is 5.95. The molecule has 0 aliphatic carbocycles. The maximum Gasteiger partial charge on any atom is 0.253 e. The molecule has 1 atom stereocenters. The molecular formula is C17H23NO4. The molecule has 1 saturated heterocycles. The molecule has 5 nitrogen and oxygen atoms in total. The molecular weight excluding hydrogens is 282 g/mol. The van der Waals surface area contributed by atoms with E-state index in [9.17, 15) is 9.59 Å². The van der Waals surface area contributed by atoms with Crippen LogP contribution in [0.3, 0.4) is 0 Å². The Morgan fingerprint density at radius 1 is 1.50 bits per heavy atom. The van der Waals surface area contributed by atoms with Crippen LogP contribution in [0.4, 0.5) is 0 Å². The van der Waals surface area contributed by atoms with Crippen molar-refractivity contribution in [3.8, 4) is 5.75 Å². The maximum atomic E-state index is 12.6. The van der Waals surface area contributed by atoms with Gasteiger partial charge in [-0.2, -0.15) is 0 Å². The van der Waals surface area contributed by atoms with E-state index in [0.29, 0.717) is 42.2 Å². The molecule has 0 spiro atoms. The van der Waals surface area contributed by atoms with Crippen molar-refractivity contribution in [2.75, 3.05) is 26.3 Å². The molecule has 120 valence electrons. The quantitative estimate of drug-likeness (QED) is 0.818. The van der Waals surface area contributed by atoms with Gasteiger partial charge in [-0.05, 0) is 50.3 Å². The number of nitrogens with zero attached hydrogens (tertiary/aromatic N) is 1. The lowest BCUT2D eigenvalue weighted by molar-refractivity contribution is 0.0653. The Labute approximate surface area is 130 Å². The van der Waals surface area contributed by atoms with Gasteiger partial charge >= 0.3 is 0 Å². The van der Waals surface area contributed by atoms with Crippen LogP contribution in [0.15, 0.2) is 18.2 Å². The summed E-state index contributed by atoms with van der Waals surface area (Å²) in [6.45, 7) is 3.88. The number of aliphatic hydroxyl groups excluding tert-OH is 1. The van der Waals surface area contributed by atoms with Crippen molar-refractivity contribution in [1.82, 2.24) is 4.90 Å². The average molecular weight is 305 g/mol. The largest absolute Gasteiger partial charge is 0.493 e. The first kappa shape index (κ1) is 16.5. The van der Waals surface area contributed by atoms with Gasteiger partial charge in [-0.25, -0.2) is 0 Å². The molecule has 0 radical (unpaired) electrons. The van der Waals surface area contributed by atoms with Crippen LogP contribution < -0.4 is 4.74 Å². The Morgan fingerprint density at radius 3 is 3.00 bits per heavy atom. The number of benzene rings is 1. The Morgan fingerprint density at radius 2 is 2.32 bits per heavy atom. The van der Waals surface area contributed by atoms with Crippen molar-refractivity contribution in [2.45, 2.75) is 26.2 Å². The van der Waals surface area contributed by atoms with E-state index >= 15 is 0 Å². The van der Waals surface area contributed by atoms with Gasteiger partial charge in [0.1, 0.15) is 5.75 Å². The molecule has 5 heteroatoms. The van der Waals surface area contributed by atoms with Gasteiger partial charge in [0, 0.05) is 25.3 Å². The van der Waals surface area contributed by atoms with Crippen LogP contribution in [-0.2, 0) is 0 Å². The van der Waals surface area contributed by atoms with Crippen molar-refractivity contribution in [3.63, 3.8) is 0 Å². The zero-order valence-electron chi connectivity index (χ0n) is 13.0. The second-order valence-electron chi connectivity index (χ2n) is 5.58. The van der Waals surface area contributed by atoms with E-state index < -0.39 is 0 Å². The molecule has 0 saturated carbocycles. The zero-order valence-corrected chi connectivity index (χ0v) is 13.0. The van der Waals surface area contributed by atoms with Crippen molar-refractivity contribution in [2.24, 2.45) is 5.92 Å². The number of hydrogen-bond acceptors (Lipinski definition) is 4. The number of amides is 1. The lowest BCUT2D eigenvalue weighted by Gasteiger charge is -2.32. The highest BCUT2D eigenvalue weighted by Crippen LogP contribution is 2.23. The highest BCUT2D eigenvalue weighted by molar-refractivity contribution is 5.96. The van der Waals surface area contributed by atoms with Gasteiger partial charge in [-0.1, -0.05) is 0 Å². The fourth-order valence-corrected chi connectivity index (χ4v) is 2.91. The van der Waals surface area contributed by atoms with E-state index in [0.717, 1.165) is 25.8 Å². The molecule has 1 N–H and O–H groups in total. The molecule has 1 aliphatic heterocycles. The van der Waals surface area contributed by atoms with Gasteiger partial charge in [0.2, 0.25) is 0 Å². The minimum atomic E-state index is -0.0613. The number of rotatable bonds is 6. The second kappa shape index (κ2) is 7.94. The average Bonchev–Trinajstić information content (AvgIpc) is 2.55. The second-order valence-corrected chi connectivity index (χ2v) is 5.58. The maximum absolute atomic E-state index is 12.6. The molecule has 0 bridgehead atoms. The first-order chi connectivity index (χ1) is 10.7. The van der Waals surface area contributed by atoms with Crippen molar-refractivity contribution in [1.29, 1.82) is 0 Å². The van der Waals surface area contributed by atoms with Gasteiger partial charge in [0.25, 0.3) is 5.91 Å². The Balaban J connectivity index is 2.13. The van der Waals surface area contributed by atoms with E-state index in [1.807, 2.05) is 11.8 Å². The molecule has 1 heterocycles. The number of aldehydes is 1. The Bertz CT molecular complexity index is 527. The first-order valence-corrected chi connectivity index (χ1v) is 7.81. The minimum Gasteiger partial charge on any atom is -0.493 e. The number of carbonyl (C=O) groups is 2. The summed E-state index contributed by atoms with van der Waals surface area (Å²) in [6.07, 6.45) is 3.44. The topological polar surface area (TPSA) is 66.8 Å². The SMILES string of the molecule is CCOc1ccc(C(=O)N2CCC[C@@H](CCO)C2)cc1C=O. The van der Waals surface area contributed by atoms with E-state index in [4.69, 9.17) is 9.84 Å². The van der Waals surface area contributed by atoms with E-state index in [1.165, 1.54) is 0 Å². The molecule has 1 amide bonds. The van der Waals surface area contributed by atoms with Crippen molar-refractivity contribution < 1.29 is 19.4 Å². The fraction of sp³-hybridized carbons (Fsp3) is 0.529. The van der Waals surface area contributed by atoms with Gasteiger partial charge < -0.3 is 14.7 Å². The number of carbonyl (C=O) groups excluding carboxylic acids is 2. The van der Waals surface area contributed by atoms with Crippen LogP contribution in [0.2, 0.25) is 0 Å². The molecule has 0 unspecified atom stereocenters. The molecule has 1 aromatic rings. The third-order valence-electron chi connectivity index (χ3n) is 4.03. The van der Waals surface area contributed by atoms with Crippen LogP contribution >= 0.6 is 0 Å². The number of ether oxygens (including phenoxy) is 1. The summed E-state index contributed by atoms with van der Waals surface area (Å²) in [5.41, 5.74) is 0.909. The highest BCUT2D eigenvalue weighted by Gasteiger charge is 2.24. The standard InChI is InChI=1S/C17H23NO4/c1-2-22-16-6-5-14(10-15(16)12-20)17(21)18-8-3-4-13(11-18)7-9-19/h5-6,10,12-13,19H,2-4,7-9,11H2,1H3/t13-/m0/s1. The predicted octanol–water partition coefficient (Wildman–Crippen LogP) is 2.13. The third-order valence-corrected chi connectivity index (χ3v) is 4.03. The molecule has 0 aromatic heterocycles. The number of aliphatic hydroxyl groups is 1. The van der Waals surface area contributed by atoms with Gasteiger partial charge in [0.05, 0.1) is 12.2 Å². The summed E-state index contributed by atoms with van der Waals surface area (Å²) in [5.74, 6) is 0.801. The van der Waals surface area contributed by atoms with E-state index in [2.05, 4.69) is 0 Å². The predicted molar refractivity (Wildman–Crippen MR) is 83.3 cm³/mol. The normalized spacial score (nSPS) is 18.1. The summed E-state index contributed by atoms with van der Waals surface area (Å²) < 4.78 is 5.37. The third kappa shape index (κ3) is 3.85.